The Morgan fingerprint density at radius 2 is 1.29 bits per heavy atom. The third-order valence-electron chi connectivity index (χ3n) is 22.0. The van der Waals surface area contributed by atoms with Gasteiger partial charge in [-0.25, -0.2) is 16.8 Å². The topological polar surface area (TPSA) is 480 Å². The summed E-state index contributed by atoms with van der Waals surface area (Å²) in [6.07, 6.45) is -38.1. The summed E-state index contributed by atoms with van der Waals surface area (Å²) >= 11 is 0. The predicted molar refractivity (Wildman–Crippen MR) is 305 cm³/mol. The van der Waals surface area contributed by atoms with Gasteiger partial charge in [-0.3, -0.25) is 18.0 Å². The number of aliphatic hydroxyl groups is 10. The van der Waals surface area contributed by atoms with Crippen molar-refractivity contribution in [2.45, 2.75) is 259 Å². The van der Waals surface area contributed by atoms with E-state index in [4.69, 9.17) is 61.0 Å². The molecule has 0 aromatic carbocycles. The van der Waals surface area contributed by atoms with E-state index in [0.717, 1.165) is 24.7 Å². The number of hydrogen-bond acceptors (Lipinski definition) is 32. The van der Waals surface area contributed by atoms with E-state index in [1.807, 2.05) is 34.6 Å². The molecule has 36 heteroatoms. The van der Waals surface area contributed by atoms with Gasteiger partial charge in [0.1, 0.15) is 115 Å². The van der Waals surface area contributed by atoms with Crippen molar-refractivity contribution < 1.29 is 233 Å². The van der Waals surface area contributed by atoms with Gasteiger partial charge in [0.15, 0.2) is 31.5 Å². The van der Waals surface area contributed by atoms with Gasteiger partial charge in [0, 0.05) is 18.9 Å². The first-order valence-electron chi connectivity index (χ1n) is 31.4. The second-order valence-corrected chi connectivity index (χ2v) is 30.2. The zero-order valence-corrected chi connectivity index (χ0v) is 61.6. The van der Waals surface area contributed by atoms with Crippen molar-refractivity contribution in [1.82, 2.24) is 0 Å². The molecule has 532 valence electrons. The summed E-state index contributed by atoms with van der Waals surface area (Å²) in [5.74, 6) is -1.14. The zero-order chi connectivity index (χ0) is 68.2. The van der Waals surface area contributed by atoms with Crippen LogP contribution < -0.4 is 80.9 Å². The van der Waals surface area contributed by atoms with Gasteiger partial charge >= 0.3 is 86.9 Å². The summed E-state index contributed by atoms with van der Waals surface area (Å²) < 4.78 is 153. The van der Waals surface area contributed by atoms with Crippen LogP contribution in [0.5, 0.6) is 0 Å². The van der Waals surface area contributed by atoms with Crippen molar-refractivity contribution >= 4 is 32.6 Å². The van der Waals surface area contributed by atoms with Crippen LogP contribution in [0.2, 0.25) is 0 Å². The maximum atomic E-state index is 14.5. The van der Waals surface area contributed by atoms with Crippen LogP contribution in [0.1, 0.15) is 106 Å². The fourth-order valence-corrected chi connectivity index (χ4v) is 18.1. The fraction of sp³-hybridized carbons (Fsp3) is 0.898. The summed E-state index contributed by atoms with van der Waals surface area (Å²) in [6, 6.07) is 0. The molecule has 9 fully saturated rings. The molecule has 0 amide bonds. The van der Waals surface area contributed by atoms with E-state index in [2.05, 4.69) is 23.8 Å². The number of hydrogen-bond donors (Lipinski definition) is 10. The first-order valence-corrected chi connectivity index (χ1v) is 34.1. The summed E-state index contributed by atoms with van der Waals surface area (Å²) in [5, 5.41) is 112. The Kier molecular flexibility index (Phi) is 26.1. The summed E-state index contributed by atoms with van der Waals surface area (Å²) in [5.41, 5.74) is -1.96. The molecule has 6 saturated heterocycles. The van der Waals surface area contributed by atoms with Gasteiger partial charge < -0.3 is 117 Å². The van der Waals surface area contributed by atoms with Crippen molar-refractivity contribution in [3.8, 4) is 0 Å². The van der Waals surface area contributed by atoms with Crippen molar-refractivity contribution in [2.24, 2.45) is 39.4 Å². The Morgan fingerprint density at radius 3 is 1.93 bits per heavy atom. The van der Waals surface area contributed by atoms with Crippen molar-refractivity contribution in [2.75, 3.05) is 33.5 Å². The van der Waals surface area contributed by atoms with E-state index >= 15 is 0 Å². The number of carbonyl (C=O) groups is 2. The third kappa shape index (κ3) is 15.4. The number of cyclic esters (lactones) is 1. The monoisotopic (exact) mass is 1440 g/mol. The van der Waals surface area contributed by atoms with Gasteiger partial charge in [-0.2, -0.15) is 0 Å². The van der Waals surface area contributed by atoms with Crippen LogP contribution in [0, 0.1) is 39.4 Å². The average Bonchev–Trinajstić information content (AvgIpc) is 1.52. The number of aliphatic hydroxyl groups excluding tert-OH is 10. The molecule has 0 unspecified atom stereocenters. The van der Waals surface area contributed by atoms with Gasteiger partial charge in [-0.15, -0.1) is 6.58 Å². The number of ether oxygens (including phenoxy) is 12. The molecule has 95 heavy (non-hydrogen) atoms. The minimum absolute atomic E-state index is 0. The van der Waals surface area contributed by atoms with Crippen LogP contribution in [0.3, 0.4) is 0 Å². The van der Waals surface area contributed by atoms with E-state index < -0.39 is 228 Å². The summed E-state index contributed by atoms with van der Waals surface area (Å²) in [6.45, 7) is 13.9. The fourth-order valence-electron chi connectivity index (χ4n) is 17.4. The minimum atomic E-state index is -5.57. The Morgan fingerprint density at radius 1 is 0.695 bits per heavy atom. The number of esters is 1. The number of carbonyl (C=O) groups excluding carboxylic acids is 2. The first-order chi connectivity index (χ1) is 43.4. The van der Waals surface area contributed by atoms with Gasteiger partial charge in [0.25, 0.3) is 0 Å². The number of rotatable bonds is 21. The molecule has 3 saturated carbocycles. The second kappa shape index (κ2) is 30.7. The first kappa shape index (κ1) is 80.8. The second-order valence-electron chi connectivity index (χ2n) is 28.1. The van der Waals surface area contributed by atoms with Crippen molar-refractivity contribution in [3.05, 3.63) is 23.8 Å². The molecular weight excluding hydrogens is 1350 g/mol. The third-order valence-corrected chi connectivity index (χ3v) is 22.9. The van der Waals surface area contributed by atoms with E-state index in [9.17, 15) is 86.6 Å². The Balaban J connectivity index is 0.00000578. The molecule has 0 bridgehead atoms. The van der Waals surface area contributed by atoms with Crippen LogP contribution >= 0.6 is 0 Å². The maximum Gasteiger partial charge on any atom is 1.00 e. The average molecular weight is 1440 g/mol. The van der Waals surface area contributed by atoms with Crippen molar-refractivity contribution in [3.63, 3.8) is 0 Å². The predicted octanol–water partition coefficient (Wildman–Crippen LogP) is -8.77. The zero-order valence-electron chi connectivity index (χ0n) is 54.8. The largest absolute Gasteiger partial charge is 1.00 e. The maximum absolute atomic E-state index is 14.5. The molecule has 10 rings (SSSR count). The summed E-state index contributed by atoms with van der Waals surface area (Å²) in [7, 11) is -9.98. The van der Waals surface area contributed by atoms with Crippen LogP contribution in [0.4, 0.5) is 0 Å². The van der Waals surface area contributed by atoms with Crippen molar-refractivity contribution in [1.29, 1.82) is 0 Å². The minimum Gasteiger partial charge on any atom is -0.726 e. The van der Waals surface area contributed by atoms with Gasteiger partial charge in [-0.05, 0) is 94.8 Å². The van der Waals surface area contributed by atoms with E-state index in [1.165, 1.54) is 6.92 Å². The molecule has 10 aliphatic rings. The summed E-state index contributed by atoms with van der Waals surface area (Å²) in [4.78, 5) is 28.9. The number of methoxy groups -OCH3 is 1. The molecule has 6 heterocycles. The molecule has 6 aliphatic heterocycles. The molecule has 0 aromatic rings. The number of ketones is 1. The number of fused-ring (bicyclic) bond motifs is 4. The van der Waals surface area contributed by atoms with E-state index in [0.29, 0.717) is 44.9 Å². The normalized spacial score (nSPS) is 48.2. The van der Waals surface area contributed by atoms with Crippen LogP contribution in [0.25, 0.3) is 0 Å². The quantitative estimate of drug-likeness (QED) is 0.0168. The van der Waals surface area contributed by atoms with Crippen LogP contribution in [0.15, 0.2) is 23.8 Å². The molecule has 0 aromatic heterocycles. The van der Waals surface area contributed by atoms with Crippen LogP contribution in [-0.4, -0.2) is 275 Å². The Labute approximate surface area is 615 Å². The Hall–Kier alpha value is 0.156. The Bertz CT molecular complexity index is 2990. The smallest absolute Gasteiger partial charge is 0.726 e. The van der Waals surface area contributed by atoms with Crippen LogP contribution in [-0.2, 0) is 95.6 Å². The molecular formula is C59H90KNaO32S2. The SMILES string of the molecule is C=C(C)CCC[C@]1(C)OC(=O)[C@]23CC[C@H]4C(=CC[C@H]5C(C)(C)[C@@H](O[C@@H]6OC[C@@H](OS(=O)(=O)[O-])[C@H](O)[C@H]6O[C@@H]6O[C@H](C)[C@@H](O[C@@H]7O[C@H](COS(=O)(=O)[O-])[C@@H](O)[C@H](O[C@@H]8O[C@H](CO)[C@@H](O)[C@H](OC)[C@H]8O)[C@H]7O)[C@H](O)[C@H]6O[C@@H]6OC[C@@H](O)[C@H](O)[C@H]6O)CC[C@]45C)[C@]2(C)CC(=O)[C@@H]31.[K+].[Na+]. The van der Waals surface area contributed by atoms with E-state index in [1.54, 1.807) is 0 Å². The van der Waals surface area contributed by atoms with E-state index in [-0.39, 0.29) is 111 Å². The molecule has 32 nitrogen and oxygen atoms in total. The molecule has 10 N–H and O–H groups in total. The van der Waals surface area contributed by atoms with Gasteiger partial charge in [0.2, 0.25) is 20.8 Å². The molecule has 31 atom stereocenters. The van der Waals surface area contributed by atoms with Gasteiger partial charge in [-0.1, -0.05) is 44.9 Å². The number of allylic oxidation sites excluding steroid dienone is 3. The standard InChI is InChI=1S/C59H92O32S2.K.Na/c1-24(2)11-10-16-58(8)48-28(61)19-57(7)27-12-13-33-55(4,5)34(15-17-56(33,6)26(27)14-18-59(48,57)54(71)90-58)85-52-46(38(66)32(22-80-52)91-93(75,76)77)89-53-47(88-49-39(67)35(63)29(62)21-79-49)40(68)43(25(3)82-53)86-51-42(70)45(37(65)31(84-51)23-81-92(72,73)74)87-50-41(69)44(78-9)36(64)30(20-60)83-50;;/h12,25-26,29-53,60,62-70H,1,10-11,13-23H2,2-9H3,(H,72,73,74)(H,75,76,77);;/q;2*+1/p-2/t25-,26+,29-,30-,31-,32-,33+,34+,35+,36-,37-,38+,39-,40+,41-,42-,43-,44+,45+,46-,47-,48-,49+,50+,51+,52+,53+,56-,57+,58+,59-;;/m1../s1. The van der Waals surface area contributed by atoms with Gasteiger partial charge in [0.05, 0.1) is 50.0 Å². The number of Topliss-reactive ketones (excluding diaryl/α,β-unsaturated/α-hetero) is 1. The molecule has 1 spiro atoms. The molecule has 0 radical (unpaired) electrons. The molecule has 4 aliphatic carbocycles.